The van der Waals surface area contributed by atoms with E-state index in [1.54, 1.807) is 37.4 Å². The number of methoxy groups -OCH3 is 1. The van der Waals surface area contributed by atoms with Gasteiger partial charge in [0.15, 0.2) is 5.13 Å². The van der Waals surface area contributed by atoms with Crippen molar-refractivity contribution >= 4 is 44.7 Å². The van der Waals surface area contributed by atoms with E-state index in [2.05, 4.69) is 10.3 Å². The zero-order valence-electron chi connectivity index (χ0n) is 13.7. The van der Waals surface area contributed by atoms with Gasteiger partial charge in [0.05, 0.1) is 18.4 Å². The molecule has 4 aromatic rings. The third-order valence-corrected chi connectivity index (χ3v) is 4.82. The largest absolute Gasteiger partial charge is 0.497 e. The molecule has 0 bridgehead atoms. The summed E-state index contributed by atoms with van der Waals surface area (Å²) in [6.45, 7) is 0. The van der Waals surface area contributed by atoms with E-state index in [-0.39, 0.29) is 0 Å². The predicted molar refractivity (Wildman–Crippen MR) is 105 cm³/mol. The Bertz CT molecular complexity index is 1140. The zero-order valence-corrected chi connectivity index (χ0v) is 15.2. The quantitative estimate of drug-likeness (QED) is 0.482. The van der Waals surface area contributed by atoms with Crippen LogP contribution in [0, 0.1) is 0 Å². The van der Waals surface area contributed by atoms with Crippen LogP contribution in [0.4, 0.5) is 10.8 Å². The van der Waals surface area contributed by atoms with Gasteiger partial charge in [-0.2, -0.15) is 0 Å². The molecule has 2 aromatic heterocycles. The molecule has 0 radical (unpaired) electrons. The molecule has 0 aliphatic carbocycles. The summed E-state index contributed by atoms with van der Waals surface area (Å²) >= 11 is 7.30. The second-order valence-corrected chi connectivity index (χ2v) is 6.82. The number of rotatable bonds is 4. The van der Waals surface area contributed by atoms with Crippen molar-refractivity contribution in [2.75, 3.05) is 12.4 Å². The van der Waals surface area contributed by atoms with Crippen LogP contribution in [0.1, 0.15) is 0 Å². The Morgan fingerprint density at radius 3 is 2.73 bits per heavy atom. The van der Waals surface area contributed by atoms with E-state index >= 15 is 0 Å². The van der Waals surface area contributed by atoms with E-state index in [1.807, 2.05) is 23.6 Å². The first kappa shape index (κ1) is 16.6. The highest BCUT2D eigenvalue weighted by Crippen LogP contribution is 2.28. The number of nitrogens with zero attached hydrogens (tertiary/aromatic N) is 1. The van der Waals surface area contributed by atoms with Gasteiger partial charge in [0.25, 0.3) is 0 Å². The summed E-state index contributed by atoms with van der Waals surface area (Å²) < 4.78 is 10.6. The first-order chi connectivity index (χ1) is 12.6. The van der Waals surface area contributed by atoms with Gasteiger partial charge in [0, 0.05) is 21.5 Å². The minimum Gasteiger partial charge on any atom is -0.497 e. The van der Waals surface area contributed by atoms with Crippen molar-refractivity contribution in [2.45, 2.75) is 0 Å². The Morgan fingerprint density at radius 2 is 1.96 bits per heavy atom. The van der Waals surface area contributed by atoms with Crippen LogP contribution in [-0.4, -0.2) is 12.1 Å². The van der Waals surface area contributed by atoms with E-state index in [4.69, 9.17) is 20.8 Å². The van der Waals surface area contributed by atoms with E-state index in [0.29, 0.717) is 32.7 Å². The number of fused-ring (bicyclic) bond motifs is 1. The number of nitrogens with one attached hydrogen (secondary N) is 1. The summed E-state index contributed by atoms with van der Waals surface area (Å²) in [5.41, 5.74) is 1.92. The fraction of sp³-hybridized carbons (Fsp3) is 0.0526. The summed E-state index contributed by atoms with van der Waals surface area (Å²) in [4.78, 5) is 16.8. The fourth-order valence-corrected chi connectivity index (χ4v) is 3.38. The summed E-state index contributed by atoms with van der Waals surface area (Å²) in [6.07, 6.45) is 0. The topological polar surface area (TPSA) is 64.4 Å². The molecule has 0 saturated heterocycles. The lowest BCUT2D eigenvalue weighted by atomic mass is 10.1. The molecule has 130 valence electrons. The van der Waals surface area contributed by atoms with Crippen molar-refractivity contribution in [1.29, 1.82) is 0 Å². The normalized spacial score (nSPS) is 10.8. The van der Waals surface area contributed by atoms with Crippen LogP contribution in [0.5, 0.6) is 5.75 Å². The smallest absolute Gasteiger partial charge is 0.345 e. The number of anilines is 2. The molecule has 0 spiro atoms. The third-order valence-electron chi connectivity index (χ3n) is 3.81. The fourth-order valence-electron chi connectivity index (χ4n) is 2.52. The second kappa shape index (κ2) is 6.82. The van der Waals surface area contributed by atoms with Crippen molar-refractivity contribution in [1.82, 2.24) is 4.98 Å². The van der Waals surface area contributed by atoms with Gasteiger partial charge >= 0.3 is 5.63 Å². The molecule has 0 amide bonds. The van der Waals surface area contributed by atoms with Gasteiger partial charge in [-0.25, -0.2) is 9.78 Å². The lowest BCUT2D eigenvalue weighted by Crippen LogP contribution is -2.03. The van der Waals surface area contributed by atoms with E-state index < -0.39 is 5.63 Å². The average molecular weight is 385 g/mol. The third kappa shape index (κ3) is 3.29. The van der Waals surface area contributed by atoms with Crippen LogP contribution in [0.2, 0.25) is 5.02 Å². The molecule has 0 saturated carbocycles. The van der Waals surface area contributed by atoms with Crippen molar-refractivity contribution in [2.24, 2.45) is 0 Å². The monoisotopic (exact) mass is 384 g/mol. The van der Waals surface area contributed by atoms with Crippen molar-refractivity contribution in [3.63, 3.8) is 0 Å². The minimum atomic E-state index is -0.425. The van der Waals surface area contributed by atoms with Gasteiger partial charge < -0.3 is 14.5 Å². The first-order valence-electron chi connectivity index (χ1n) is 7.73. The average Bonchev–Trinajstić information content (AvgIpc) is 3.11. The molecule has 0 atom stereocenters. The molecule has 7 heteroatoms. The Labute approximate surface area is 157 Å². The van der Waals surface area contributed by atoms with Crippen molar-refractivity contribution in [3.05, 3.63) is 69.4 Å². The molecular weight excluding hydrogens is 372 g/mol. The SMILES string of the molecule is COc1ccc2oc(=O)c(-c3csc(Nc4ccc(Cl)cc4)n3)cc2c1. The number of hydrogen-bond acceptors (Lipinski definition) is 6. The maximum Gasteiger partial charge on any atom is 0.345 e. The second-order valence-electron chi connectivity index (χ2n) is 5.52. The van der Waals surface area contributed by atoms with Crippen molar-refractivity contribution in [3.8, 4) is 17.0 Å². The van der Waals surface area contributed by atoms with Crippen LogP contribution < -0.4 is 15.7 Å². The minimum absolute atomic E-state index is 0.408. The molecule has 4 rings (SSSR count). The first-order valence-corrected chi connectivity index (χ1v) is 8.98. The standard InChI is InChI=1S/C19H13ClN2O3S/c1-24-14-6-7-17-11(8-14)9-15(18(23)25-17)16-10-26-19(22-16)21-13-4-2-12(20)3-5-13/h2-10H,1H3,(H,21,22). The van der Waals surface area contributed by atoms with Gasteiger partial charge in [-0.1, -0.05) is 11.6 Å². The van der Waals surface area contributed by atoms with E-state index in [1.165, 1.54) is 11.3 Å². The van der Waals surface area contributed by atoms with Crippen LogP contribution in [0.25, 0.3) is 22.2 Å². The van der Waals surface area contributed by atoms with Crippen LogP contribution >= 0.6 is 22.9 Å². The number of thiazole rings is 1. The molecule has 26 heavy (non-hydrogen) atoms. The van der Waals surface area contributed by atoms with Crippen LogP contribution in [0.15, 0.2) is 63.1 Å². The molecule has 0 aliphatic rings. The van der Waals surface area contributed by atoms with Gasteiger partial charge in [-0.05, 0) is 48.5 Å². The molecule has 5 nitrogen and oxygen atoms in total. The molecule has 0 fully saturated rings. The summed E-state index contributed by atoms with van der Waals surface area (Å²) in [5.74, 6) is 0.695. The number of benzene rings is 2. The summed E-state index contributed by atoms with van der Waals surface area (Å²) in [7, 11) is 1.59. The summed E-state index contributed by atoms with van der Waals surface area (Å²) in [5, 5.41) is 7.13. The number of ether oxygens (including phenoxy) is 1. The highest BCUT2D eigenvalue weighted by atomic mass is 35.5. The van der Waals surface area contributed by atoms with Crippen LogP contribution in [-0.2, 0) is 0 Å². The van der Waals surface area contributed by atoms with Gasteiger partial charge in [0.1, 0.15) is 11.3 Å². The molecule has 0 unspecified atom stereocenters. The Hall–Kier alpha value is -2.83. The highest BCUT2D eigenvalue weighted by molar-refractivity contribution is 7.14. The summed E-state index contributed by atoms with van der Waals surface area (Å²) in [6, 6.07) is 14.4. The molecular formula is C19H13ClN2O3S. The zero-order chi connectivity index (χ0) is 18.1. The molecule has 0 aliphatic heterocycles. The van der Waals surface area contributed by atoms with Gasteiger partial charge in [-0.15, -0.1) is 11.3 Å². The molecule has 1 N–H and O–H groups in total. The van der Waals surface area contributed by atoms with Gasteiger partial charge in [-0.3, -0.25) is 0 Å². The van der Waals surface area contributed by atoms with Gasteiger partial charge in [0.2, 0.25) is 0 Å². The van der Waals surface area contributed by atoms with E-state index in [9.17, 15) is 4.79 Å². The maximum atomic E-state index is 12.3. The number of aromatic nitrogens is 1. The predicted octanol–water partition coefficient (Wildman–Crippen LogP) is 5.32. The highest BCUT2D eigenvalue weighted by Gasteiger charge is 2.12. The van der Waals surface area contributed by atoms with E-state index in [0.717, 1.165) is 11.1 Å². The maximum absolute atomic E-state index is 12.3. The van der Waals surface area contributed by atoms with Crippen LogP contribution in [0.3, 0.4) is 0 Å². The lowest BCUT2D eigenvalue weighted by Gasteiger charge is -2.03. The Morgan fingerprint density at radius 1 is 1.15 bits per heavy atom. The lowest BCUT2D eigenvalue weighted by molar-refractivity contribution is 0.415. The molecule has 2 aromatic carbocycles. The van der Waals surface area contributed by atoms with Crippen molar-refractivity contribution < 1.29 is 9.15 Å². The Balaban J connectivity index is 1.69. The number of halogens is 1. The molecule has 2 heterocycles. The number of hydrogen-bond donors (Lipinski definition) is 1. The Kier molecular flexibility index (Phi) is 4.36.